The van der Waals surface area contributed by atoms with Gasteiger partial charge in [0.1, 0.15) is 96.1 Å². The van der Waals surface area contributed by atoms with E-state index in [2.05, 4.69) is 94.4 Å². The lowest BCUT2D eigenvalue weighted by atomic mass is 9.96. The van der Waals surface area contributed by atoms with Crippen LogP contribution in [0.15, 0.2) is 104 Å². The highest BCUT2D eigenvalue weighted by Gasteiger charge is 2.43. The van der Waals surface area contributed by atoms with Gasteiger partial charge in [-0.2, -0.15) is 0 Å². The number of carbonyl (C=O) groups excluding carboxylic acids is 14. The maximum absolute atomic E-state index is 15.4. The molecule has 0 aliphatic carbocycles. The van der Waals surface area contributed by atoms with Gasteiger partial charge in [-0.05, 0) is 109 Å². The first kappa shape index (κ1) is 104. The first-order valence-corrected chi connectivity index (χ1v) is 42.9. The summed E-state index contributed by atoms with van der Waals surface area (Å²) in [5.74, 6) is -18.6. The normalized spacial score (nSPS) is 15.7. The number of aliphatic hydroxyl groups excluding tert-OH is 1. The second kappa shape index (κ2) is 51.3. The third-order valence-corrected chi connectivity index (χ3v) is 21.4. The molecule has 0 spiro atoms. The van der Waals surface area contributed by atoms with Gasteiger partial charge in [0.15, 0.2) is 5.96 Å². The molecule has 0 unspecified atom stereocenters. The molecule has 1 aliphatic heterocycles. The molecular weight excluding hydrogens is 1680 g/mol. The Kier molecular flexibility index (Phi) is 41.4. The van der Waals surface area contributed by atoms with Gasteiger partial charge in [0.25, 0.3) is 0 Å². The predicted octanol–water partition coefficient (Wildman–Crippen LogP) is -1.36. The van der Waals surface area contributed by atoms with E-state index in [9.17, 15) is 73.5 Å². The van der Waals surface area contributed by atoms with Crippen molar-refractivity contribution >= 4 is 101 Å². The minimum atomic E-state index is -1.74. The minimum absolute atomic E-state index is 0.000578. The third-order valence-electron chi connectivity index (χ3n) is 21.4. The fraction of sp³-hybridized carbons (Fsp3) is 0.529. The van der Waals surface area contributed by atoms with Crippen LogP contribution in [-0.4, -0.2) is 255 Å². The summed E-state index contributed by atoms with van der Waals surface area (Å²) in [5.41, 5.74) is 7.55. The number of aliphatic hydroxyl groups is 1. The van der Waals surface area contributed by atoms with E-state index in [4.69, 9.17) is 11.1 Å². The molecule has 0 radical (unpaired) electrons. The zero-order chi connectivity index (χ0) is 95.5. The van der Waals surface area contributed by atoms with E-state index in [0.29, 0.717) is 28.1 Å². The quantitative estimate of drug-likeness (QED) is 0.0121. The van der Waals surface area contributed by atoms with Crippen LogP contribution in [0.25, 0.3) is 0 Å². The molecule has 2 aromatic heterocycles. The van der Waals surface area contributed by atoms with Crippen molar-refractivity contribution in [3.05, 3.63) is 132 Å². The molecular formula is C87H125N21O21. The Morgan fingerprint density at radius 1 is 0.473 bits per heavy atom. The number of nitrogens with one attached hydrogen (secondary N) is 17. The summed E-state index contributed by atoms with van der Waals surface area (Å²) in [6.07, 6.45) is 3.93. The first-order chi connectivity index (χ1) is 61.0. The smallest absolute Gasteiger partial charge is 0.328 e. The lowest BCUT2D eigenvalue weighted by Crippen LogP contribution is -2.62. The molecule has 15 atom stereocenters. The van der Waals surface area contributed by atoms with Crippen LogP contribution in [0.5, 0.6) is 11.5 Å². The fourth-order valence-electron chi connectivity index (χ4n) is 14.3. The summed E-state index contributed by atoms with van der Waals surface area (Å²) < 4.78 is 0. The van der Waals surface area contributed by atoms with Crippen LogP contribution in [0.2, 0.25) is 0 Å². The number of phenolic OH excluding ortho intramolecular Hbond substituents is 2. The number of amides is 14. The summed E-state index contributed by atoms with van der Waals surface area (Å²) in [7, 11) is 0. The van der Waals surface area contributed by atoms with Crippen molar-refractivity contribution in [3.8, 4) is 11.5 Å². The van der Waals surface area contributed by atoms with Gasteiger partial charge in [0, 0.05) is 75.9 Å². The van der Waals surface area contributed by atoms with Gasteiger partial charge in [-0.1, -0.05) is 130 Å². The average Bonchev–Trinajstić information content (AvgIpc) is 1.65. The molecule has 1 fully saturated rings. The zero-order valence-electron chi connectivity index (χ0n) is 74.3. The fourth-order valence-corrected chi connectivity index (χ4v) is 14.3. The number of aromatic hydroxyl groups is 2. The molecule has 6 rings (SSSR count). The molecule has 0 bridgehead atoms. The topological polar surface area (TPSA) is 653 Å². The van der Waals surface area contributed by atoms with Gasteiger partial charge in [-0.25, -0.2) is 14.8 Å². The van der Waals surface area contributed by atoms with Crippen molar-refractivity contribution < 1.29 is 102 Å². The van der Waals surface area contributed by atoms with Crippen LogP contribution >= 0.6 is 0 Å². The van der Waals surface area contributed by atoms with Gasteiger partial charge < -0.3 is 121 Å². The number of nitrogens with zero attached hydrogens (tertiary/aromatic N) is 3. The number of hydrogen-bond acceptors (Lipinski definition) is 22. The Labute approximate surface area is 747 Å². The molecule has 42 heteroatoms. The highest BCUT2D eigenvalue weighted by Crippen LogP contribution is 2.24. The van der Waals surface area contributed by atoms with Crippen molar-refractivity contribution in [2.75, 3.05) is 19.7 Å². The van der Waals surface area contributed by atoms with E-state index < -0.39 is 216 Å². The Balaban J connectivity index is 1.24. The van der Waals surface area contributed by atoms with Crippen molar-refractivity contribution in [2.24, 2.45) is 35.3 Å². The first-order valence-electron chi connectivity index (χ1n) is 42.9. The monoisotopic (exact) mass is 1800 g/mol. The maximum atomic E-state index is 15.4. The highest BCUT2D eigenvalue weighted by atomic mass is 16.4. The Bertz CT molecular complexity index is 4600. The summed E-state index contributed by atoms with van der Waals surface area (Å²) in [6.45, 7) is 16.9. The van der Waals surface area contributed by atoms with Crippen molar-refractivity contribution in [1.29, 1.82) is 5.41 Å². The summed E-state index contributed by atoms with van der Waals surface area (Å²) in [4.78, 5) is 242. The van der Waals surface area contributed by atoms with E-state index in [-0.39, 0.29) is 113 Å². The van der Waals surface area contributed by atoms with Crippen molar-refractivity contribution in [2.45, 2.75) is 244 Å². The van der Waals surface area contributed by atoms with Crippen LogP contribution in [0, 0.1) is 35.0 Å². The van der Waals surface area contributed by atoms with Crippen molar-refractivity contribution in [3.63, 3.8) is 0 Å². The molecule has 704 valence electrons. The van der Waals surface area contributed by atoms with Gasteiger partial charge in [0.2, 0.25) is 82.7 Å². The number of hydrogen-bond donors (Lipinski definition) is 23. The molecule has 129 heavy (non-hydrogen) atoms. The number of H-pyrrole nitrogens is 2. The highest BCUT2D eigenvalue weighted by molar-refractivity contribution is 6.01. The van der Waals surface area contributed by atoms with Gasteiger partial charge in [-0.15, -0.1) is 0 Å². The van der Waals surface area contributed by atoms with Crippen LogP contribution in [0.1, 0.15) is 156 Å². The lowest BCUT2D eigenvalue weighted by molar-refractivity contribution is -0.143. The summed E-state index contributed by atoms with van der Waals surface area (Å²) in [5, 5.41) is 93.5. The number of carboxylic acid groups (broad SMARTS) is 2. The SMILES string of the molecule is CC[C@@H](C)[C@H](NC(=O)[C@@H](Cc1ccc(O)cc1)NC(=O)[C@H](NC(=O)[C@@H](CCCNC(=N)N)NC(=O)[C@@H](CC(=O)O)NC(C)=O)C(C)C)C(=O)N[C@@H](Cc1cnc[nH]1)C(=O)N1CCC[C@@H]1C(=O)N[C@@H](Cc1ccccc1)C(=O)N[C@@H](Cc1cnc[nH]1)C(=O)N[C@@H](CC(C)C)C(=O)N[C@@H](CC(C)C)C(=O)N[C@H](C(=O)N[C@@H](Cc1ccc(O)cc1)C(=O)N[C@@H](CO)C(=O)O)C(C)C. The zero-order valence-corrected chi connectivity index (χ0v) is 74.3. The van der Waals surface area contributed by atoms with Crippen LogP contribution in [0.4, 0.5) is 0 Å². The second-order valence-electron chi connectivity index (χ2n) is 33.7. The van der Waals surface area contributed by atoms with Crippen LogP contribution in [0.3, 0.4) is 0 Å². The number of nitrogens with two attached hydrogens (primary N) is 1. The molecule has 5 aromatic rings. The lowest BCUT2D eigenvalue weighted by Gasteiger charge is -2.32. The number of imidazole rings is 2. The number of carboxylic acids is 2. The Morgan fingerprint density at radius 3 is 1.29 bits per heavy atom. The van der Waals surface area contributed by atoms with E-state index >= 15 is 28.8 Å². The number of phenols is 2. The van der Waals surface area contributed by atoms with Crippen LogP contribution < -0.4 is 80.2 Å². The summed E-state index contributed by atoms with van der Waals surface area (Å²) in [6, 6.07) is -0.903. The predicted molar refractivity (Wildman–Crippen MR) is 468 cm³/mol. The summed E-state index contributed by atoms with van der Waals surface area (Å²) >= 11 is 0. The second-order valence-corrected chi connectivity index (χ2v) is 33.7. The maximum Gasteiger partial charge on any atom is 0.328 e. The Morgan fingerprint density at radius 2 is 0.860 bits per heavy atom. The van der Waals surface area contributed by atoms with E-state index in [0.717, 1.165) is 6.92 Å². The standard InChI is InChI=1S/C87H125N21O21/c1-12-49(10)72(107-80(122)63(36-53-24-28-57(112)29-25-53)102-82(124)70(47(6)7)105-73(115)58(20-16-30-92-87(88)89)96-78(120)65(39-69(113)114)95-50(11)110)84(126)103-66(38-55-41-91-44-94-55)85(127)108-31-17-21-68(108)81(123)100-61(34-51-18-14-13-15-19-51)75(117)99-64(37-54-40-90-43-93-54)77(119)97-59(32-45(2)3)74(116)98-60(33-46(4)5)79(121)106-71(48(8)9)83(125)101-62(35-52-22-26-56(111)27-23-52)76(118)104-67(42-109)86(128)129/h13-15,18-19,22-29,40-41,43-49,58-68,70-72,109,111-112H,12,16-17,20-21,30-39,42H2,1-11H3,(H,90,93)(H,91,94)(H,95,110)(H,96,120)(H,97,119)(H,98,116)(H,99,117)(H,100,123)(H,101,125)(H,102,124)(H,103,126)(H,104,118)(H,105,115)(H,106,121)(H,107,122)(H,113,114)(H,128,129)(H4,88,89,92)/t49-,58-,59+,60+,61+,62+,63-,64+,65-,66+,67+,68-,70-,71+,72+/m1/s1. The van der Waals surface area contributed by atoms with E-state index in [1.165, 1.54) is 78.5 Å². The van der Waals surface area contributed by atoms with Gasteiger partial charge in [-0.3, -0.25) is 77.3 Å². The molecule has 3 heterocycles. The van der Waals surface area contributed by atoms with E-state index in [1.807, 2.05) is 0 Å². The number of benzene rings is 3. The molecule has 24 N–H and O–H groups in total. The molecule has 1 aliphatic rings. The third kappa shape index (κ3) is 34.3. The van der Waals surface area contributed by atoms with Gasteiger partial charge >= 0.3 is 11.9 Å². The number of aliphatic carboxylic acids is 2. The number of likely N-dealkylation sites (tertiary alicyclic amines) is 1. The molecule has 3 aromatic carbocycles. The number of guanidine groups is 1. The van der Waals surface area contributed by atoms with Gasteiger partial charge in [0.05, 0.1) is 25.7 Å². The minimum Gasteiger partial charge on any atom is -0.508 e. The molecule has 0 saturated carbocycles. The van der Waals surface area contributed by atoms with Crippen LogP contribution in [-0.2, 0) is 109 Å². The molecule has 1 saturated heterocycles. The number of aromatic nitrogens is 4. The average molecular weight is 1800 g/mol. The largest absolute Gasteiger partial charge is 0.508 e. The number of rotatable bonds is 52. The van der Waals surface area contributed by atoms with Crippen molar-refractivity contribution in [1.82, 2.24) is 99.3 Å². The molecule has 14 amide bonds. The Hall–Kier alpha value is -13.6. The number of carbonyl (C=O) groups is 16. The number of aromatic amines is 2. The van der Waals surface area contributed by atoms with E-state index in [1.54, 1.807) is 99.6 Å². The molecule has 42 nitrogen and oxygen atoms in total.